The van der Waals surface area contributed by atoms with E-state index in [-0.39, 0.29) is 17.9 Å². The van der Waals surface area contributed by atoms with Crippen molar-refractivity contribution >= 4 is 11.8 Å². The number of likely N-dealkylation sites (tertiary alicyclic amines) is 1. The lowest BCUT2D eigenvalue weighted by molar-refractivity contribution is -0.180. The van der Waals surface area contributed by atoms with Crippen LogP contribution in [0.15, 0.2) is 0 Å². The first-order valence-electron chi connectivity index (χ1n) is 9.08. The van der Waals surface area contributed by atoms with E-state index in [1.54, 1.807) is 0 Å². The number of nitrogens with zero attached hydrogens (tertiary/aromatic N) is 3. The second-order valence-corrected chi connectivity index (χ2v) is 7.85. The molecule has 1 saturated carbocycles. The Labute approximate surface area is 137 Å². The van der Waals surface area contributed by atoms with Gasteiger partial charge < -0.3 is 5.11 Å². The highest BCUT2D eigenvalue weighted by molar-refractivity contribution is 6.06. The SMILES string of the molecule is CCCCN1C(=O)[C@@H]2C[C@@H](O)CN2C2(CN(CC3CC3)C2)C1=O. The van der Waals surface area contributed by atoms with Crippen LogP contribution in [-0.2, 0) is 9.59 Å². The van der Waals surface area contributed by atoms with Crippen molar-refractivity contribution in [3.8, 4) is 0 Å². The average molecular weight is 321 g/mol. The van der Waals surface area contributed by atoms with Crippen LogP contribution < -0.4 is 0 Å². The highest BCUT2D eigenvalue weighted by Gasteiger charge is 2.64. The van der Waals surface area contributed by atoms with Crippen LogP contribution in [0.4, 0.5) is 0 Å². The average Bonchev–Trinajstić information content (AvgIpc) is 3.21. The van der Waals surface area contributed by atoms with Gasteiger partial charge in [0.05, 0.1) is 12.1 Å². The smallest absolute Gasteiger partial charge is 0.252 e. The number of imide groups is 1. The molecule has 1 spiro atoms. The van der Waals surface area contributed by atoms with E-state index in [0.717, 1.165) is 38.4 Å². The van der Waals surface area contributed by atoms with E-state index >= 15 is 0 Å². The molecule has 6 nitrogen and oxygen atoms in total. The quantitative estimate of drug-likeness (QED) is 0.725. The highest BCUT2D eigenvalue weighted by Crippen LogP contribution is 2.42. The maximum atomic E-state index is 13.1. The Hall–Kier alpha value is -0.980. The van der Waals surface area contributed by atoms with Gasteiger partial charge in [0.25, 0.3) is 5.91 Å². The Morgan fingerprint density at radius 2 is 2.00 bits per heavy atom. The lowest BCUT2D eigenvalue weighted by Crippen LogP contribution is -2.81. The number of hydrogen-bond acceptors (Lipinski definition) is 5. The molecule has 1 aliphatic carbocycles. The number of fused-ring (bicyclic) bond motifs is 2. The molecule has 0 unspecified atom stereocenters. The molecule has 0 aromatic carbocycles. The van der Waals surface area contributed by atoms with Gasteiger partial charge in [-0.2, -0.15) is 0 Å². The molecule has 23 heavy (non-hydrogen) atoms. The molecule has 0 radical (unpaired) electrons. The molecule has 4 aliphatic rings. The molecular weight excluding hydrogens is 294 g/mol. The monoisotopic (exact) mass is 321 g/mol. The first-order chi connectivity index (χ1) is 11.0. The van der Waals surface area contributed by atoms with Crippen molar-refractivity contribution in [2.24, 2.45) is 5.92 Å². The molecule has 3 heterocycles. The number of unbranched alkanes of at least 4 members (excludes halogenated alkanes) is 1. The Bertz CT molecular complexity index is 513. The molecule has 0 aromatic heterocycles. The summed E-state index contributed by atoms with van der Waals surface area (Å²) < 4.78 is 0. The molecule has 4 rings (SSSR count). The Morgan fingerprint density at radius 1 is 1.26 bits per heavy atom. The number of piperazine rings is 1. The van der Waals surface area contributed by atoms with Gasteiger partial charge in [-0.15, -0.1) is 0 Å². The Balaban J connectivity index is 1.55. The minimum Gasteiger partial charge on any atom is -0.392 e. The van der Waals surface area contributed by atoms with Crippen molar-refractivity contribution < 1.29 is 14.7 Å². The van der Waals surface area contributed by atoms with Crippen molar-refractivity contribution in [3.63, 3.8) is 0 Å². The third-order valence-electron chi connectivity index (χ3n) is 5.94. The molecule has 1 N–H and O–H groups in total. The molecular formula is C17H27N3O3. The minimum atomic E-state index is -0.557. The predicted molar refractivity (Wildman–Crippen MR) is 84.6 cm³/mol. The molecule has 6 heteroatoms. The van der Waals surface area contributed by atoms with Crippen LogP contribution in [0.2, 0.25) is 0 Å². The zero-order chi connectivity index (χ0) is 16.2. The van der Waals surface area contributed by atoms with Crippen LogP contribution in [0, 0.1) is 5.92 Å². The predicted octanol–water partition coefficient (Wildman–Crippen LogP) is 0.0549. The molecule has 2 amide bonds. The Kier molecular flexibility index (Phi) is 3.74. The van der Waals surface area contributed by atoms with Gasteiger partial charge in [0, 0.05) is 32.7 Å². The number of carbonyl (C=O) groups is 2. The van der Waals surface area contributed by atoms with E-state index in [1.165, 1.54) is 17.7 Å². The molecule has 4 fully saturated rings. The maximum absolute atomic E-state index is 13.1. The van der Waals surface area contributed by atoms with E-state index in [1.807, 2.05) is 4.90 Å². The number of aliphatic hydroxyl groups excluding tert-OH is 1. The molecule has 0 bridgehead atoms. The molecule has 128 valence electrons. The summed E-state index contributed by atoms with van der Waals surface area (Å²) in [5, 5.41) is 10.1. The first-order valence-corrected chi connectivity index (χ1v) is 9.08. The standard InChI is InChI=1S/C17H27N3O3/c1-2-3-6-19-15(22)14-7-13(21)9-20(14)17(16(19)23)10-18(11-17)8-12-4-5-12/h12-14,21H,2-11H2,1H3/t13-,14+/m1/s1. The van der Waals surface area contributed by atoms with Crippen LogP contribution in [0.3, 0.4) is 0 Å². The van der Waals surface area contributed by atoms with Crippen LogP contribution in [0.5, 0.6) is 0 Å². The summed E-state index contributed by atoms with van der Waals surface area (Å²) in [4.78, 5) is 31.7. The number of hydrogen-bond donors (Lipinski definition) is 1. The normalized spacial score (nSPS) is 34.1. The van der Waals surface area contributed by atoms with Crippen molar-refractivity contribution in [1.82, 2.24) is 14.7 Å². The second kappa shape index (κ2) is 5.53. The van der Waals surface area contributed by atoms with Gasteiger partial charge in [-0.1, -0.05) is 13.3 Å². The van der Waals surface area contributed by atoms with Gasteiger partial charge in [0.1, 0.15) is 5.54 Å². The fraction of sp³-hybridized carbons (Fsp3) is 0.882. The Morgan fingerprint density at radius 3 is 2.65 bits per heavy atom. The fourth-order valence-electron chi connectivity index (χ4n) is 4.51. The van der Waals surface area contributed by atoms with E-state index in [0.29, 0.717) is 19.5 Å². The van der Waals surface area contributed by atoms with Gasteiger partial charge in [0.2, 0.25) is 5.91 Å². The van der Waals surface area contributed by atoms with E-state index in [2.05, 4.69) is 11.8 Å². The summed E-state index contributed by atoms with van der Waals surface area (Å²) in [6, 6.07) is -0.303. The zero-order valence-electron chi connectivity index (χ0n) is 13.9. The second-order valence-electron chi connectivity index (χ2n) is 7.85. The summed E-state index contributed by atoms with van der Waals surface area (Å²) in [7, 11) is 0. The number of amides is 2. The van der Waals surface area contributed by atoms with E-state index in [9.17, 15) is 14.7 Å². The number of carbonyl (C=O) groups excluding carboxylic acids is 2. The van der Waals surface area contributed by atoms with Gasteiger partial charge in [-0.3, -0.25) is 24.3 Å². The first kappa shape index (κ1) is 15.5. The summed E-state index contributed by atoms with van der Waals surface area (Å²) in [5.74, 6) is 0.698. The van der Waals surface area contributed by atoms with Crippen molar-refractivity contribution in [1.29, 1.82) is 0 Å². The molecule has 2 atom stereocenters. The molecule has 0 aromatic rings. The topological polar surface area (TPSA) is 64.1 Å². The third kappa shape index (κ3) is 2.42. The summed E-state index contributed by atoms with van der Waals surface area (Å²) in [6.07, 6.45) is 4.42. The largest absolute Gasteiger partial charge is 0.392 e. The van der Waals surface area contributed by atoms with E-state index in [4.69, 9.17) is 0 Å². The lowest BCUT2D eigenvalue weighted by atomic mass is 9.82. The van der Waals surface area contributed by atoms with Gasteiger partial charge in [-0.25, -0.2) is 0 Å². The van der Waals surface area contributed by atoms with Crippen molar-refractivity contribution in [2.45, 2.75) is 56.7 Å². The summed E-state index contributed by atoms with van der Waals surface area (Å²) in [5.41, 5.74) is -0.557. The lowest BCUT2D eigenvalue weighted by Gasteiger charge is -2.58. The van der Waals surface area contributed by atoms with Gasteiger partial charge >= 0.3 is 0 Å². The van der Waals surface area contributed by atoms with E-state index < -0.39 is 11.6 Å². The maximum Gasteiger partial charge on any atom is 0.252 e. The molecule has 3 aliphatic heterocycles. The molecule has 3 saturated heterocycles. The fourth-order valence-corrected chi connectivity index (χ4v) is 4.51. The van der Waals surface area contributed by atoms with Crippen LogP contribution in [-0.4, -0.2) is 82.0 Å². The van der Waals surface area contributed by atoms with Crippen LogP contribution in [0.25, 0.3) is 0 Å². The van der Waals surface area contributed by atoms with Crippen molar-refractivity contribution in [3.05, 3.63) is 0 Å². The zero-order valence-corrected chi connectivity index (χ0v) is 13.9. The third-order valence-corrected chi connectivity index (χ3v) is 5.94. The summed E-state index contributed by atoms with van der Waals surface area (Å²) in [6.45, 7) is 5.59. The number of rotatable bonds is 5. The van der Waals surface area contributed by atoms with Crippen LogP contribution >= 0.6 is 0 Å². The van der Waals surface area contributed by atoms with Crippen LogP contribution in [0.1, 0.15) is 39.0 Å². The van der Waals surface area contributed by atoms with Gasteiger partial charge in [-0.05, 0) is 31.6 Å². The van der Waals surface area contributed by atoms with Gasteiger partial charge in [0.15, 0.2) is 0 Å². The number of β-amino-alcohol motifs (C(OH)–C–C–N with tert-alkyl or cyclic N) is 1. The summed E-state index contributed by atoms with van der Waals surface area (Å²) >= 11 is 0. The minimum absolute atomic E-state index is 0.0200. The van der Waals surface area contributed by atoms with Crippen molar-refractivity contribution in [2.75, 3.05) is 32.7 Å². The number of aliphatic hydroxyl groups is 1. The highest BCUT2D eigenvalue weighted by atomic mass is 16.3.